The summed E-state index contributed by atoms with van der Waals surface area (Å²) in [6.07, 6.45) is 0. The van der Waals surface area contributed by atoms with Crippen LogP contribution < -0.4 is 10.1 Å². The zero-order valence-corrected chi connectivity index (χ0v) is 20.2. The van der Waals surface area contributed by atoms with E-state index in [9.17, 15) is 9.59 Å². The molecule has 2 rings (SSSR count). The highest BCUT2D eigenvalue weighted by Crippen LogP contribution is 2.28. The van der Waals surface area contributed by atoms with Crippen molar-refractivity contribution in [1.29, 1.82) is 0 Å². The Balaban J connectivity index is 2.17. The van der Waals surface area contributed by atoms with Crippen LogP contribution in [0, 0.1) is 5.92 Å². The Morgan fingerprint density at radius 1 is 1.13 bits per heavy atom. The van der Waals surface area contributed by atoms with E-state index in [0.29, 0.717) is 32.7 Å². The van der Waals surface area contributed by atoms with E-state index in [2.05, 4.69) is 21.2 Å². The highest BCUT2D eigenvalue weighted by atomic mass is 79.9. The first-order valence-corrected chi connectivity index (χ1v) is 11.1. The van der Waals surface area contributed by atoms with Gasteiger partial charge in [-0.15, -0.1) is 0 Å². The molecule has 0 saturated carbocycles. The number of nitrogens with one attached hydrogen (secondary N) is 1. The number of carbonyl (C=O) groups excluding carboxylic acids is 2. The maximum Gasteiger partial charge on any atom is 0.261 e. The van der Waals surface area contributed by atoms with Gasteiger partial charge in [-0.05, 0) is 58.6 Å². The number of nitrogens with zero attached hydrogens (tertiary/aromatic N) is 1. The Labute approximate surface area is 195 Å². The fourth-order valence-electron chi connectivity index (χ4n) is 2.66. The number of amides is 2. The van der Waals surface area contributed by atoms with E-state index in [1.54, 1.807) is 31.2 Å². The van der Waals surface area contributed by atoms with Gasteiger partial charge in [0.1, 0.15) is 11.8 Å². The predicted octanol–water partition coefficient (Wildman–Crippen LogP) is 5.32. The van der Waals surface area contributed by atoms with Gasteiger partial charge in [-0.2, -0.15) is 0 Å². The third kappa shape index (κ3) is 7.18. The lowest BCUT2D eigenvalue weighted by Gasteiger charge is -2.29. The van der Waals surface area contributed by atoms with E-state index in [-0.39, 0.29) is 25.0 Å². The lowest BCUT2D eigenvalue weighted by atomic mass is 10.1. The zero-order chi connectivity index (χ0) is 22.3. The first-order chi connectivity index (χ1) is 14.2. The maximum atomic E-state index is 13.0. The van der Waals surface area contributed by atoms with Crippen molar-refractivity contribution in [2.24, 2.45) is 5.92 Å². The topological polar surface area (TPSA) is 58.6 Å². The summed E-state index contributed by atoms with van der Waals surface area (Å²) in [6.45, 7) is 6.21. The summed E-state index contributed by atoms with van der Waals surface area (Å²) in [5.74, 6) is 0.238. The monoisotopic (exact) mass is 514 g/mol. The van der Waals surface area contributed by atoms with E-state index in [1.165, 1.54) is 4.90 Å². The van der Waals surface area contributed by atoms with Gasteiger partial charge in [-0.1, -0.05) is 55.2 Å². The van der Waals surface area contributed by atoms with Gasteiger partial charge < -0.3 is 15.0 Å². The van der Waals surface area contributed by atoms with Crippen LogP contribution >= 0.6 is 39.1 Å². The van der Waals surface area contributed by atoms with Gasteiger partial charge >= 0.3 is 0 Å². The van der Waals surface area contributed by atoms with Gasteiger partial charge in [-0.25, -0.2) is 0 Å². The normalized spacial score (nSPS) is 11.8. The predicted molar refractivity (Wildman–Crippen MR) is 124 cm³/mol. The third-order valence-corrected chi connectivity index (χ3v) is 5.62. The Hall–Kier alpha value is -1.76. The second-order valence-electron chi connectivity index (χ2n) is 7.29. The van der Waals surface area contributed by atoms with Gasteiger partial charge in [0.15, 0.2) is 6.61 Å². The lowest BCUT2D eigenvalue weighted by molar-refractivity contribution is -0.142. The molecule has 1 atom stereocenters. The van der Waals surface area contributed by atoms with Crippen LogP contribution in [0.3, 0.4) is 0 Å². The van der Waals surface area contributed by atoms with E-state index in [1.807, 2.05) is 32.0 Å². The number of hydrogen-bond donors (Lipinski definition) is 1. The molecule has 0 bridgehead atoms. The fraction of sp³-hybridized carbons (Fsp3) is 0.364. The van der Waals surface area contributed by atoms with Crippen molar-refractivity contribution >= 4 is 50.9 Å². The second kappa shape index (κ2) is 11.6. The molecule has 162 valence electrons. The van der Waals surface area contributed by atoms with Gasteiger partial charge in [0.2, 0.25) is 5.91 Å². The molecular weight excluding hydrogens is 491 g/mol. The molecule has 0 aliphatic heterocycles. The average Bonchev–Trinajstić information content (AvgIpc) is 2.70. The van der Waals surface area contributed by atoms with Crippen molar-refractivity contribution in [3.8, 4) is 5.75 Å². The zero-order valence-electron chi connectivity index (χ0n) is 17.1. The largest absolute Gasteiger partial charge is 0.483 e. The number of hydrogen-bond acceptors (Lipinski definition) is 3. The smallest absolute Gasteiger partial charge is 0.261 e. The minimum absolute atomic E-state index is 0.194. The molecular formula is C22H25BrCl2N2O3. The molecule has 2 amide bonds. The van der Waals surface area contributed by atoms with E-state index in [0.717, 1.165) is 5.56 Å². The summed E-state index contributed by atoms with van der Waals surface area (Å²) in [5.41, 5.74) is 0.753. The quantitative estimate of drug-likeness (QED) is 0.491. The highest BCUT2D eigenvalue weighted by Gasteiger charge is 2.27. The SMILES string of the molecule is CC(C)CNC(=O)[C@@H](C)N(Cc1ccccc1Cl)C(=O)COc1ccc(Cl)cc1Br. The average molecular weight is 516 g/mol. The van der Waals surface area contributed by atoms with Crippen LogP contribution in [0.2, 0.25) is 10.0 Å². The Bertz CT molecular complexity index is 892. The molecule has 0 saturated heterocycles. The van der Waals surface area contributed by atoms with Gasteiger partial charge in [0.05, 0.1) is 4.47 Å². The molecule has 0 aliphatic carbocycles. The minimum atomic E-state index is -0.690. The lowest BCUT2D eigenvalue weighted by Crippen LogP contribution is -2.49. The Morgan fingerprint density at radius 3 is 2.47 bits per heavy atom. The summed E-state index contributed by atoms with van der Waals surface area (Å²) >= 11 is 15.6. The van der Waals surface area contributed by atoms with Gasteiger partial charge in [-0.3, -0.25) is 9.59 Å². The Kier molecular flexibility index (Phi) is 9.46. The Morgan fingerprint density at radius 2 is 1.83 bits per heavy atom. The standard InChI is InChI=1S/C22H25BrCl2N2O3/c1-14(2)11-26-22(29)15(3)27(12-16-6-4-5-7-19(16)25)21(28)13-30-20-9-8-17(24)10-18(20)23/h4-10,14-15H,11-13H2,1-3H3,(H,26,29)/t15-/m1/s1. The number of carbonyl (C=O) groups is 2. The minimum Gasteiger partial charge on any atom is -0.483 e. The van der Waals surface area contributed by atoms with E-state index in [4.69, 9.17) is 27.9 Å². The maximum absolute atomic E-state index is 13.0. The van der Waals surface area contributed by atoms with E-state index >= 15 is 0 Å². The third-order valence-electron chi connectivity index (χ3n) is 4.40. The van der Waals surface area contributed by atoms with Crippen LogP contribution in [0.25, 0.3) is 0 Å². The van der Waals surface area contributed by atoms with Gasteiger partial charge in [0, 0.05) is 23.1 Å². The summed E-state index contributed by atoms with van der Waals surface area (Å²) in [4.78, 5) is 27.1. The van der Waals surface area contributed by atoms with Crippen molar-refractivity contribution in [3.05, 3.63) is 62.5 Å². The van der Waals surface area contributed by atoms with Crippen molar-refractivity contribution < 1.29 is 14.3 Å². The van der Waals surface area contributed by atoms with Crippen LogP contribution in [0.5, 0.6) is 5.75 Å². The van der Waals surface area contributed by atoms with Crippen molar-refractivity contribution in [2.75, 3.05) is 13.2 Å². The number of benzene rings is 2. The van der Waals surface area contributed by atoms with Gasteiger partial charge in [0.25, 0.3) is 5.91 Å². The number of rotatable bonds is 9. The van der Waals surface area contributed by atoms with Crippen LogP contribution in [0.15, 0.2) is 46.9 Å². The molecule has 0 spiro atoms. The molecule has 0 fully saturated rings. The van der Waals surface area contributed by atoms with Crippen LogP contribution in [-0.2, 0) is 16.1 Å². The first kappa shape index (κ1) is 24.5. The molecule has 0 aromatic heterocycles. The van der Waals surface area contributed by atoms with Crippen molar-refractivity contribution in [3.63, 3.8) is 0 Å². The molecule has 0 unspecified atom stereocenters. The molecule has 5 nitrogen and oxygen atoms in total. The fourth-order valence-corrected chi connectivity index (χ4v) is 3.65. The molecule has 0 heterocycles. The summed E-state index contributed by atoms with van der Waals surface area (Å²) in [5, 5.41) is 3.96. The van der Waals surface area contributed by atoms with Crippen molar-refractivity contribution in [2.45, 2.75) is 33.4 Å². The summed E-state index contributed by atoms with van der Waals surface area (Å²) in [7, 11) is 0. The molecule has 1 N–H and O–H groups in total. The molecule has 8 heteroatoms. The first-order valence-electron chi connectivity index (χ1n) is 9.57. The number of ether oxygens (including phenoxy) is 1. The van der Waals surface area contributed by atoms with Crippen LogP contribution in [0.4, 0.5) is 0 Å². The molecule has 2 aromatic carbocycles. The molecule has 0 aliphatic rings. The van der Waals surface area contributed by atoms with Crippen LogP contribution in [-0.4, -0.2) is 35.9 Å². The van der Waals surface area contributed by atoms with Crippen molar-refractivity contribution in [1.82, 2.24) is 10.2 Å². The number of halogens is 3. The molecule has 2 aromatic rings. The molecule has 30 heavy (non-hydrogen) atoms. The van der Waals surface area contributed by atoms with E-state index < -0.39 is 6.04 Å². The second-order valence-corrected chi connectivity index (χ2v) is 8.99. The molecule has 0 radical (unpaired) electrons. The highest BCUT2D eigenvalue weighted by molar-refractivity contribution is 9.10. The van der Waals surface area contributed by atoms with Crippen LogP contribution in [0.1, 0.15) is 26.3 Å². The summed E-state index contributed by atoms with van der Waals surface area (Å²) in [6, 6.07) is 11.6. The summed E-state index contributed by atoms with van der Waals surface area (Å²) < 4.78 is 6.31.